The Morgan fingerprint density at radius 2 is 1.95 bits per heavy atom. The van der Waals surface area contributed by atoms with E-state index in [-0.39, 0.29) is 18.4 Å². The highest BCUT2D eigenvalue weighted by Crippen LogP contribution is 2.21. The molecule has 1 heterocycles. The van der Waals surface area contributed by atoms with E-state index in [0.29, 0.717) is 6.61 Å². The van der Waals surface area contributed by atoms with E-state index in [1.807, 2.05) is 30.3 Å². The molecule has 0 amide bonds. The van der Waals surface area contributed by atoms with E-state index in [1.54, 1.807) is 0 Å². The van der Waals surface area contributed by atoms with E-state index in [4.69, 9.17) is 9.47 Å². The molecule has 0 radical (unpaired) electrons. The summed E-state index contributed by atoms with van der Waals surface area (Å²) in [5.74, 6) is 0.902. The lowest BCUT2D eigenvalue weighted by atomic mass is 10.1. The minimum Gasteiger partial charge on any atom is -0.489 e. The first-order chi connectivity index (χ1) is 9.92. The first-order valence-corrected chi connectivity index (χ1v) is 6.99. The Bertz CT molecular complexity index is 541. The number of ether oxygens (including phenoxy) is 2. The first-order valence-electron chi connectivity index (χ1n) is 6.99. The summed E-state index contributed by atoms with van der Waals surface area (Å²) in [6.45, 7) is 3.02. The normalized spacial score (nSPS) is 17.8. The van der Waals surface area contributed by atoms with Crippen molar-refractivity contribution in [3.63, 3.8) is 0 Å². The zero-order valence-corrected chi connectivity index (χ0v) is 12.6. The minimum atomic E-state index is 0. The topological polar surface area (TPSA) is 30.5 Å². The Morgan fingerprint density at radius 3 is 2.71 bits per heavy atom. The third kappa shape index (κ3) is 4.46. The molecular weight excluding hydrogens is 286 g/mol. The maximum atomic E-state index is 5.85. The van der Waals surface area contributed by atoms with Crippen LogP contribution in [-0.4, -0.2) is 19.8 Å². The van der Waals surface area contributed by atoms with Gasteiger partial charge in [-0.15, -0.1) is 12.4 Å². The monoisotopic (exact) mass is 305 g/mol. The van der Waals surface area contributed by atoms with Gasteiger partial charge in [0.25, 0.3) is 0 Å². The molecule has 0 saturated carbocycles. The smallest absolute Gasteiger partial charge is 0.120 e. The standard InChI is InChI=1S/C17H19NO2.ClH/c1-2-5-14(6-3-1)12-20-16-8-4-7-15(11-16)17-13-19-10-9-18-17;/h1-8,11,17-18H,9-10,12-13H2;1H/t17-;/m0./s1. The molecule has 0 spiro atoms. The van der Waals surface area contributed by atoms with Crippen LogP contribution < -0.4 is 10.1 Å². The van der Waals surface area contributed by atoms with E-state index in [9.17, 15) is 0 Å². The molecule has 4 heteroatoms. The zero-order chi connectivity index (χ0) is 13.6. The molecule has 1 aliphatic rings. The van der Waals surface area contributed by atoms with Crippen LogP contribution >= 0.6 is 12.4 Å². The molecular formula is C17H20ClNO2. The summed E-state index contributed by atoms with van der Waals surface area (Å²) >= 11 is 0. The van der Waals surface area contributed by atoms with Gasteiger partial charge < -0.3 is 14.8 Å². The van der Waals surface area contributed by atoms with Crippen molar-refractivity contribution < 1.29 is 9.47 Å². The van der Waals surface area contributed by atoms with Crippen LogP contribution in [0.15, 0.2) is 54.6 Å². The van der Waals surface area contributed by atoms with Crippen LogP contribution in [0.3, 0.4) is 0 Å². The maximum Gasteiger partial charge on any atom is 0.120 e. The summed E-state index contributed by atoms with van der Waals surface area (Å²) < 4.78 is 11.4. The van der Waals surface area contributed by atoms with Gasteiger partial charge in [0.15, 0.2) is 0 Å². The Balaban J connectivity index is 0.00000161. The van der Waals surface area contributed by atoms with Gasteiger partial charge in [0.05, 0.1) is 19.3 Å². The van der Waals surface area contributed by atoms with Crippen LogP contribution in [0.25, 0.3) is 0 Å². The number of benzene rings is 2. The zero-order valence-electron chi connectivity index (χ0n) is 11.8. The molecule has 1 atom stereocenters. The molecule has 21 heavy (non-hydrogen) atoms. The van der Waals surface area contributed by atoms with Gasteiger partial charge in [0.1, 0.15) is 12.4 Å². The van der Waals surface area contributed by atoms with E-state index < -0.39 is 0 Å². The van der Waals surface area contributed by atoms with E-state index in [0.717, 1.165) is 25.5 Å². The highest BCUT2D eigenvalue weighted by atomic mass is 35.5. The molecule has 0 aromatic heterocycles. The summed E-state index contributed by atoms with van der Waals surface area (Å²) in [6, 6.07) is 18.7. The second-order valence-electron chi connectivity index (χ2n) is 4.93. The lowest BCUT2D eigenvalue weighted by Gasteiger charge is -2.24. The van der Waals surface area contributed by atoms with Crippen molar-refractivity contribution in [1.82, 2.24) is 5.32 Å². The highest BCUT2D eigenvalue weighted by molar-refractivity contribution is 5.85. The van der Waals surface area contributed by atoms with Crippen molar-refractivity contribution >= 4 is 12.4 Å². The number of rotatable bonds is 4. The van der Waals surface area contributed by atoms with E-state index >= 15 is 0 Å². The van der Waals surface area contributed by atoms with Crippen molar-refractivity contribution in [2.75, 3.05) is 19.8 Å². The van der Waals surface area contributed by atoms with Crippen LogP contribution in [-0.2, 0) is 11.3 Å². The van der Waals surface area contributed by atoms with Crippen molar-refractivity contribution in [2.45, 2.75) is 12.6 Å². The fourth-order valence-electron chi connectivity index (χ4n) is 2.34. The third-order valence-corrected chi connectivity index (χ3v) is 3.43. The van der Waals surface area contributed by atoms with Gasteiger partial charge in [-0.05, 0) is 23.3 Å². The average Bonchev–Trinajstić information content (AvgIpc) is 2.55. The van der Waals surface area contributed by atoms with Gasteiger partial charge in [-0.25, -0.2) is 0 Å². The summed E-state index contributed by atoms with van der Waals surface area (Å²) in [5.41, 5.74) is 2.40. The second-order valence-corrected chi connectivity index (χ2v) is 4.93. The van der Waals surface area contributed by atoms with Crippen molar-refractivity contribution in [1.29, 1.82) is 0 Å². The van der Waals surface area contributed by atoms with Gasteiger partial charge >= 0.3 is 0 Å². The van der Waals surface area contributed by atoms with Gasteiger partial charge in [0, 0.05) is 6.54 Å². The van der Waals surface area contributed by atoms with Gasteiger partial charge in [-0.2, -0.15) is 0 Å². The Morgan fingerprint density at radius 1 is 1.10 bits per heavy atom. The molecule has 0 unspecified atom stereocenters. The molecule has 1 saturated heterocycles. The fourth-order valence-corrected chi connectivity index (χ4v) is 2.34. The second kappa shape index (κ2) is 8.03. The predicted octanol–water partition coefficient (Wildman–Crippen LogP) is 3.35. The van der Waals surface area contributed by atoms with Crippen LogP contribution in [0, 0.1) is 0 Å². The van der Waals surface area contributed by atoms with Crippen LogP contribution in [0.4, 0.5) is 0 Å². The fraction of sp³-hybridized carbons (Fsp3) is 0.294. The van der Waals surface area contributed by atoms with Gasteiger partial charge in [-0.1, -0.05) is 42.5 Å². The number of hydrogen-bond donors (Lipinski definition) is 1. The summed E-state index contributed by atoms with van der Waals surface area (Å²) in [6.07, 6.45) is 0. The SMILES string of the molecule is Cl.c1ccc(COc2cccc([C@@H]3COCCN3)c2)cc1. The molecule has 3 nitrogen and oxygen atoms in total. The summed E-state index contributed by atoms with van der Waals surface area (Å²) in [7, 11) is 0. The van der Waals surface area contributed by atoms with Crippen LogP contribution in [0.1, 0.15) is 17.2 Å². The molecule has 0 aliphatic carbocycles. The van der Waals surface area contributed by atoms with E-state index in [1.165, 1.54) is 11.1 Å². The van der Waals surface area contributed by atoms with Crippen LogP contribution in [0.5, 0.6) is 5.75 Å². The molecule has 1 aliphatic heterocycles. The number of morpholine rings is 1. The number of nitrogens with one attached hydrogen (secondary N) is 1. The lowest BCUT2D eigenvalue weighted by molar-refractivity contribution is 0.0768. The Kier molecular flexibility index (Phi) is 6.05. The number of hydrogen-bond acceptors (Lipinski definition) is 3. The molecule has 1 N–H and O–H groups in total. The Hall–Kier alpha value is -1.55. The molecule has 2 aromatic carbocycles. The molecule has 3 rings (SSSR count). The lowest BCUT2D eigenvalue weighted by Crippen LogP contribution is -2.34. The largest absolute Gasteiger partial charge is 0.489 e. The molecule has 0 bridgehead atoms. The average molecular weight is 306 g/mol. The van der Waals surface area contributed by atoms with Gasteiger partial charge in [0.2, 0.25) is 0 Å². The van der Waals surface area contributed by atoms with E-state index in [2.05, 4.69) is 29.6 Å². The predicted molar refractivity (Wildman–Crippen MR) is 86.0 cm³/mol. The summed E-state index contributed by atoms with van der Waals surface area (Å²) in [4.78, 5) is 0. The molecule has 1 fully saturated rings. The minimum absolute atomic E-state index is 0. The van der Waals surface area contributed by atoms with Crippen molar-refractivity contribution in [3.05, 3.63) is 65.7 Å². The molecule has 2 aromatic rings. The summed E-state index contributed by atoms with van der Waals surface area (Å²) in [5, 5.41) is 3.46. The van der Waals surface area contributed by atoms with Crippen LogP contribution in [0.2, 0.25) is 0 Å². The molecule has 112 valence electrons. The maximum absolute atomic E-state index is 5.85. The highest BCUT2D eigenvalue weighted by Gasteiger charge is 2.15. The van der Waals surface area contributed by atoms with Crippen molar-refractivity contribution in [2.24, 2.45) is 0 Å². The quantitative estimate of drug-likeness (QED) is 0.939. The number of halogens is 1. The first kappa shape index (κ1) is 15.8. The third-order valence-electron chi connectivity index (χ3n) is 3.43. The van der Waals surface area contributed by atoms with Crippen molar-refractivity contribution in [3.8, 4) is 5.75 Å². The van der Waals surface area contributed by atoms with Gasteiger partial charge in [-0.3, -0.25) is 0 Å². The Labute approximate surface area is 131 Å².